The van der Waals surface area contributed by atoms with Crippen LogP contribution in [0, 0.1) is 0 Å². The molecule has 0 saturated heterocycles. The Balaban J connectivity index is 0.000000490. The quantitative estimate of drug-likeness (QED) is 0.540. The molecule has 48 valence electrons. The second kappa shape index (κ2) is 3.89. The summed E-state index contributed by atoms with van der Waals surface area (Å²) in [6, 6.07) is 0. The number of rotatable bonds is 0. The van der Waals surface area contributed by atoms with Gasteiger partial charge in [-0.3, -0.25) is 4.99 Å². The Bertz CT molecular complexity index is 82.5. The lowest BCUT2D eigenvalue weighted by molar-refractivity contribution is 0.482. The van der Waals surface area contributed by atoms with Gasteiger partial charge in [-0.15, -0.1) is 17.0 Å². The third-order valence-electron chi connectivity index (χ3n) is 1.08. The molecule has 0 atom stereocenters. The van der Waals surface area contributed by atoms with Gasteiger partial charge in [0.2, 0.25) is 0 Å². The summed E-state index contributed by atoms with van der Waals surface area (Å²) in [5.41, 5.74) is 0. The summed E-state index contributed by atoms with van der Waals surface area (Å²) in [4.78, 5) is 6.16. The summed E-state index contributed by atoms with van der Waals surface area (Å²) in [7, 11) is 2.04. The van der Waals surface area contributed by atoms with Crippen molar-refractivity contribution in [1.82, 2.24) is 4.90 Å². The minimum atomic E-state index is 0. The van der Waals surface area contributed by atoms with Crippen LogP contribution in [-0.4, -0.2) is 31.4 Å². The maximum Gasteiger partial charge on any atom is 0.0847 e. The van der Waals surface area contributed by atoms with Crippen molar-refractivity contribution >= 4 is 23.3 Å². The van der Waals surface area contributed by atoms with E-state index in [2.05, 4.69) is 9.89 Å². The molecule has 0 aromatic rings. The summed E-state index contributed by atoms with van der Waals surface area (Å²) >= 11 is 0. The lowest BCUT2D eigenvalue weighted by Gasteiger charge is -2.15. The molecule has 0 N–H and O–H groups in total. The first-order valence-corrected chi connectivity index (χ1v) is 2.60. The Morgan fingerprint density at radius 2 is 2.38 bits per heavy atom. The topological polar surface area (TPSA) is 15.6 Å². The monoisotopic (exact) mass is 178 g/mol. The highest BCUT2D eigenvalue weighted by Crippen LogP contribution is 1.90. The van der Waals surface area contributed by atoms with Crippen LogP contribution in [0.1, 0.15) is 6.42 Å². The van der Waals surface area contributed by atoms with E-state index in [-0.39, 0.29) is 17.0 Å². The summed E-state index contributed by atoms with van der Waals surface area (Å²) in [5, 5.41) is 0. The average molecular weight is 179 g/mol. The Morgan fingerprint density at radius 3 is 2.62 bits per heavy atom. The van der Waals surface area contributed by atoms with Gasteiger partial charge in [0.1, 0.15) is 0 Å². The van der Waals surface area contributed by atoms with E-state index in [1.807, 2.05) is 13.4 Å². The fourth-order valence-corrected chi connectivity index (χ4v) is 0.666. The van der Waals surface area contributed by atoms with E-state index >= 15 is 0 Å². The van der Waals surface area contributed by atoms with Gasteiger partial charge in [0.05, 0.1) is 6.34 Å². The largest absolute Gasteiger partial charge is 0.366 e. The summed E-state index contributed by atoms with van der Waals surface area (Å²) in [6.45, 7) is 2.19. The molecule has 0 fully saturated rings. The van der Waals surface area contributed by atoms with Crippen LogP contribution in [-0.2, 0) is 0 Å². The molecule has 0 aliphatic carbocycles. The van der Waals surface area contributed by atoms with Crippen molar-refractivity contribution in [2.24, 2.45) is 4.99 Å². The maximum absolute atomic E-state index is 4.06. The predicted molar refractivity (Wildman–Crippen MR) is 40.9 cm³/mol. The maximum atomic E-state index is 4.06. The molecule has 1 rings (SSSR count). The lowest BCUT2D eigenvalue weighted by atomic mass is 10.4. The van der Waals surface area contributed by atoms with Crippen LogP contribution in [0.3, 0.4) is 0 Å². The van der Waals surface area contributed by atoms with Crippen molar-refractivity contribution in [3.05, 3.63) is 0 Å². The summed E-state index contributed by atoms with van der Waals surface area (Å²) in [6.07, 6.45) is 3.11. The van der Waals surface area contributed by atoms with Crippen LogP contribution in [0.5, 0.6) is 0 Å². The van der Waals surface area contributed by atoms with Gasteiger partial charge >= 0.3 is 0 Å². The minimum absolute atomic E-state index is 0. The van der Waals surface area contributed by atoms with E-state index in [0.29, 0.717) is 0 Å². The SMILES string of the molecule is Br.CN1C=NCCC1. The molecule has 0 spiro atoms. The molecule has 0 unspecified atom stereocenters. The number of hydrogen-bond donors (Lipinski definition) is 0. The molecule has 0 amide bonds. The number of hydrogen-bond acceptors (Lipinski definition) is 2. The van der Waals surface area contributed by atoms with E-state index < -0.39 is 0 Å². The molecule has 0 aromatic carbocycles. The van der Waals surface area contributed by atoms with Crippen LogP contribution in [0.4, 0.5) is 0 Å². The zero-order chi connectivity index (χ0) is 5.11. The molecule has 0 radical (unpaired) electrons. The lowest BCUT2D eigenvalue weighted by Crippen LogP contribution is -2.21. The normalized spacial score (nSPS) is 17.9. The first-order valence-electron chi connectivity index (χ1n) is 2.60. The Morgan fingerprint density at radius 1 is 1.62 bits per heavy atom. The number of halogens is 1. The molecule has 3 heteroatoms. The Labute approximate surface area is 60.4 Å². The van der Waals surface area contributed by atoms with Crippen LogP contribution in [0.15, 0.2) is 4.99 Å². The van der Waals surface area contributed by atoms with Crippen LogP contribution >= 0.6 is 17.0 Å². The van der Waals surface area contributed by atoms with E-state index in [9.17, 15) is 0 Å². The molecule has 0 aromatic heterocycles. The molecular weight excluding hydrogens is 168 g/mol. The van der Waals surface area contributed by atoms with E-state index in [0.717, 1.165) is 6.54 Å². The Kier molecular flexibility index (Phi) is 3.87. The molecule has 1 aliphatic rings. The van der Waals surface area contributed by atoms with Gasteiger partial charge in [-0.25, -0.2) is 0 Å². The van der Waals surface area contributed by atoms with Gasteiger partial charge in [-0.05, 0) is 6.42 Å². The van der Waals surface area contributed by atoms with Gasteiger partial charge in [0.25, 0.3) is 0 Å². The van der Waals surface area contributed by atoms with E-state index in [1.54, 1.807) is 0 Å². The number of nitrogens with zero attached hydrogens (tertiary/aromatic N) is 2. The fourth-order valence-electron chi connectivity index (χ4n) is 0.666. The predicted octanol–water partition coefficient (Wildman–Crippen LogP) is 0.928. The first-order chi connectivity index (χ1) is 3.39. The molecule has 8 heavy (non-hydrogen) atoms. The molecule has 1 heterocycles. The number of aliphatic imine (C=N–C) groups is 1. The molecular formula is C5H11BrN2. The second-order valence-electron chi connectivity index (χ2n) is 1.86. The molecule has 0 saturated carbocycles. The third kappa shape index (κ3) is 2.31. The van der Waals surface area contributed by atoms with Gasteiger partial charge in [0.15, 0.2) is 0 Å². The zero-order valence-electron chi connectivity index (χ0n) is 5.00. The van der Waals surface area contributed by atoms with Crippen molar-refractivity contribution in [2.75, 3.05) is 20.1 Å². The van der Waals surface area contributed by atoms with Gasteiger partial charge < -0.3 is 4.90 Å². The third-order valence-corrected chi connectivity index (χ3v) is 1.08. The van der Waals surface area contributed by atoms with Crippen molar-refractivity contribution in [2.45, 2.75) is 6.42 Å². The Hall–Kier alpha value is -0.0500. The molecule has 0 bridgehead atoms. The van der Waals surface area contributed by atoms with Crippen molar-refractivity contribution in [3.8, 4) is 0 Å². The molecule has 2 nitrogen and oxygen atoms in total. The van der Waals surface area contributed by atoms with E-state index in [4.69, 9.17) is 0 Å². The summed E-state index contributed by atoms with van der Waals surface area (Å²) in [5.74, 6) is 0. The van der Waals surface area contributed by atoms with Crippen LogP contribution < -0.4 is 0 Å². The average Bonchev–Trinajstić information content (AvgIpc) is 1.69. The van der Waals surface area contributed by atoms with Crippen LogP contribution in [0.25, 0.3) is 0 Å². The van der Waals surface area contributed by atoms with Crippen LogP contribution in [0.2, 0.25) is 0 Å². The second-order valence-corrected chi connectivity index (χ2v) is 1.86. The smallest absolute Gasteiger partial charge is 0.0847 e. The zero-order valence-corrected chi connectivity index (χ0v) is 6.71. The fraction of sp³-hybridized carbons (Fsp3) is 0.800. The highest BCUT2D eigenvalue weighted by atomic mass is 79.9. The molecule has 1 aliphatic heterocycles. The van der Waals surface area contributed by atoms with Gasteiger partial charge in [-0.2, -0.15) is 0 Å². The standard InChI is InChI=1S/C5H10N2.BrH/c1-7-4-2-3-6-5-7;/h5H,2-4H2,1H3;1H. The first kappa shape index (κ1) is 7.95. The minimum Gasteiger partial charge on any atom is -0.366 e. The van der Waals surface area contributed by atoms with Crippen molar-refractivity contribution < 1.29 is 0 Å². The highest BCUT2D eigenvalue weighted by molar-refractivity contribution is 8.93. The van der Waals surface area contributed by atoms with E-state index in [1.165, 1.54) is 13.0 Å². The van der Waals surface area contributed by atoms with Gasteiger partial charge in [-0.1, -0.05) is 0 Å². The summed E-state index contributed by atoms with van der Waals surface area (Å²) < 4.78 is 0. The van der Waals surface area contributed by atoms with Crippen molar-refractivity contribution in [1.29, 1.82) is 0 Å². The highest BCUT2D eigenvalue weighted by Gasteiger charge is 1.94. The van der Waals surface area contributed by atoms with Crippen molar-refractivity contribution in [3.63, 3.8) is 0 Å². The van der Waals surface area contributed by atoms with Gasteiger partial charge in [0, 0.05) is 20.1 Å².